The SMILES string of the molecule is CC1CCCC(N(C)C(=O)c2sccc2C#CCN)C1. The van der Waals surface area contributed by atoms with E-state index in [1.54, 1.807) is 0 Å². The largest absolute Gasteiger partial charge is 0.338 e. The molecule has 2 rings (SSSR count). The summed E-state index contributed by atoms with van der Waals surface area (Å²) < 4.78 is 0. The second-order valence-electron chi connectivity index (χ2n) is 5.51. The van der Waals surface area contributed by atoms with Crippen LogP contribution >= 0.6 is 11.3 Å². The number of rotatable bonds is 2. The normalized spacial score (nSPS) is 21.9. The maximum Gasteiger partial charge on any atom is 0.265 e. The molecule has 0 bridgehead atoms. The zero-order valence-corrected chi connectivity index (χ0v) is 13.0. The molecule has 1 aromatic heterocycles. The Morgan fingerprint density at radius 3 is 3.05 bits per heavy atom. The molecule has 0 radical (unpaired) electrons. The van der Waals surface area contributed by atoms with Gasteiger partial charge in [-0.3, -0.25) is 4.79 Å². The third kappa shape index (κ3) is 3.41. The van der Waals surface area contributed by atoms with Crippen molar-refractivity contribution in [2.45, 2.75) is 38.6 Å². The van der Waals surface area contributed by atoms with Crippen LogP contribution in [0.5, 0.6) is 0 Å². The minimum atomic E-state index is 0.0976. The molecule has 2 unspecified atom stereocenters. The van der Waals surface area contributed by atoms with E-state index in [1.807, 2.05) is 23.4 Å². The van der Waals surface area contributed by atoms with Gasteiger partial charge in [-0.15, -0.1) is 11.3 Å². The fraction of sp³-hybridized carbons (Fsp3) is 0.562. The first-order chi connectivity index (χ1) is 9.63. The minimum Gasteiger partial charge on any atom is -0.338 e. The first-order valence-electron chi connectivity index (χ1n) is 7.17. The van der Waals surface area contributed by atoms with E-state index in [-0.39, 0.29) is 5.91 Å². The lowest BCUT2D eigenvalue weighted by molar-refractivity contribution is 0.0677. The van der Waals surface area contributed by atoms with E-state index >= 15 is 0 Å². The molecule has 1 heterocycles. The highest BCUT2D eigenvalue weighted by Crippen LogP contribution is 2.28. The van der Waals surface area contributed by atoms with E-state index in [1.165, 1.54) is 24.2 Å². The highest BCUT2D eigenvalue weighted by Gasteiger charge is 2.27. The molecule has 0 spiro atoms. The quantitative estimate of drug-likeness (QED) is 0.851. The first-order valence-corrected chi connectivity index (χ1v) is 8.05. The molecule has 2 atom stereocenters. The average Bonchev–Trinajstić information content (AvgIpc) is 2.91. The zero-order chi connectivity index (χ0) is 14.5. The smallest absolute Gasteiger partial charge is 0.265 e. The molecule has 2 N–H and O–H groups in total. The van der Waals surface area contributed by atoms with Crippen molar-refractivity contribution in [3.05, 3.63) is 21.9 Å². The van der Waals surface area contributed by atoms with Crippen LogP contribution < -0.4 is 5.73 Å². The van der Waals surface area contributed by atoms with Crippen LogP contribution in [0.15, 0.2) is 11.4 Å². The Balaban J connectivity index is 2.12. The summed E-state index contributed by atoms with van der Waals surface area (Å²) in [5, 5.41) is 1.92. The molecule has 0 aromatic carbocycles. The highest BCUT2D eigenvalue weighted by atomic mass is 32.1. The second-order valence-corrected chi connectivity index (χ2v) is 6.43. The Kier molecular flexibility index (Phi) is 5.22. The van der Waals surface area contributed by atoms with Gasteiger partial charge in [-0.05, 0) is 30.2 Å². The van der Waals surface area contributed by atoms with Gasteiger partial charge in [0.15, 0.2) is 0 Å². The van der Waals surface area contributed by atoms with Gasteiger partial charge < -0.3 is 10.6 Å². The number of amides is 1. The predicted octanol–water partition coefficient (Wildman–Crippen LogP) is 2.71. The zero-order valence-electron chi connectivity index (χ0n) is 12.2. The summed E-state index contributed by atoms with van der Waals surface area (Å²) in [6, 6.07) is 2.27. The summed E-state index contributed by atoms with van der Waals surface area (Å²) in [5.41, 5.74) is 6.20. The van der Waals surface area contributed by atoms with Gasteiger partial charge in [0.1, 0.15) is 4.88 Å². The summed E-state index contributed by atoms with van der Waals surface area (Å²) in [5.74, 6) is 6.62. The van der Waals surface area contributed by atoms with Gasteiger partial charge in [0.05, 0.1) is 6.54 Å². The number of hydrogen-bond donors (Lipinski definition) is 1. The van der Waals surface area contributed by atoms with Gasteiger partial charge in [0, 0.05) is 18.7 Å². The molecule has 4 heteroatoms. The Hall–Kier alpha value is -1.31. The monoisotopic (exact) mass is 290 g/mol. The van der Waals surface area contributed by atoms with Crippen LogP contribution in [0.3, 0.4) is 0 Å². The number of hydrogen-bond acceptors (Lipinski definition) is 3. The molecule has 1 aliphatic carbocycles. The van der Waals surface area contributed by atoms with Gasteiger partial charge in [-0.2, -0.15) is 0 Å². The average molecular weight is 290 g/mol. The highest BCUT2D eigenvalue weighted by molar-refractivity contribution is 7.12. The van der Waals surface area contributed by atoms with E-state index in [2.05, 4.69) is 18.8 Å². The molecule has 1 amide bonds. The van der Waals surface area contributed by atoms with Crippen LogP contribution in [0.2, 0.25) is 0 Å². The third-order valence-corrected chi connectivity index (χ3v) is 4.86. The Morgan fingerprint density at radius 1 is 1.55 bits per heavy atom. The summed E-state index contributed by atoms with van der Waals surface area (Å²) in [4.78, 5) is 15.3. The van der Waals surface area contributed by atoms with Crippen molar-refractivity contribution < 1.29 is 4.79 Å². The van der Waals surface area contributed by atoms with E-state index < -0.39 is 0 Å². The van der Waals surface area contributed by atoms with E-state index in [4.69, 9.17) is 5.73 Å². The molecule has 0 aliphatic heterocycles. The lowest BCUT2D eigenvalue weighted by Gasteiger charge is -2.34. The predicted molar refractivity (Wildman–Crippen MR) is 83.8 cm³/mol. The van der Waals surface area contributed by atoms with Crippen molar-refractivity contribution in [3.8, 4) is 11.8 Å². The maximum absolute atomic E-state index is 12.6. The maximum atomic E-state index is 12.6. The molecular formula is C16H22N2OS. The van der Waals surface area contributed by atoms with Crippen molar-refractivity contribution in [2.75, 3.05) is 13.6 Å². The van der Waals surface area contributed by atoms with Crippen LogP contribution in [0, 0.1) is 17.8 Å². The molecule has 3 nitrogen and oxygen atoms in total. The van der Waals surface area contributed by atoms with Crippen molar-refractivity contribution in [1.82, 2.24) is 4.90 Å². The number of nitrogens with zero attached hydrogens (tertiary/aromatic N) is 1. The lowest BCUT2D eigenvalue weighted by Crippen LogP contribution is -2.39. The van der Waals surface area contributed by atoms with Crippen molar-refractivity contribution in [2.24, 2.45) is 11.7 Å². The molecule has 1 aromatic rings. The third-order valence-electron chi connectivity index (χ3n) is 3.96. The van der Waals surface area contributed by atoms with Crippen LogP contribution in [0.4, 0.5) is 0 Å². The van der Waals surface area contributed by atoms with Gasteiger partial charge in [0.2, 0.25) is 0 Å². The minimum absolute atomic E-state index is 0.0976. The summed E-state index contributed by atoms with van der Waals surface area (Å²) >= 11 is 1.47. The first kappa shape index (κ1) is 15.1. The molecule has 1 aliphatic rings. The van der Waals surface area contributed by atoms with E-state index in [9.17, 15) is 4.79 Å². The number of thiophene rings is 1. The van der Waals surface area contributed by atoms with Crippen molar-refractivity contribution in [1.29, 1.82) is 0 Å². The Labute approximate surface area is 125 Å². The van der Waals surface area contributed by atoms with Crippen molar-refractivity contribution in [3.63, 3.8) is 0 Å². The van der Waals surface area contributed by atoms with Crippen LogP contribution in [0.1, 0.15) is 47.8 Å². The number of carbonyl (C=O) groups excluding carboxylic acids is 1. The van der Waals surface area contributed by atoms with Crippen LogP contribution in [-0.4, -0.2) is 30.4 Å². The second kappa shape index (κ2) is 6.92. The summed E-state index contributed by atoms with van der Waals surface area (Å²) in [6.07, 6.45) is 4.72. The molecule has 108 valence electrons. The van der Waals surface area contributed by atoms with Gasteiger partial charge in [-0.1, -0.05) is 31.6 Å². The van der Waals surface area contributed by atoms with E-state index in [0.29, 0.717) is 18.5 Å². The molecule has 1 fully saturated rings. The Morgan fingerprint density at radius 2 is 2.35 bits per heavy atom. The molecule has 20 heavy (non-hydrogen) atoms. The fourth-order valence-corrected chi connectivity index (χ4v) is 3.63. The van der Waals surface area contributed by atoms with Gasteiger partial charge >= 0.3 is 0 Å². The van der Waals surface area contributed by atoms with Gasteiger partial charge in [-0.25, -0.2) is 0 Å². The van der Waals surface area contributed by atoms with Crippen LogP contribution in [0.25, 0.3) is 0 Å². The number of nitrogens with two attached hydrogens (primary N) is 1. The standard InChI is InChI=1S/C16H22N2OS/c1-12-5-3-7-14(11-12)18(2)16(19)15-13(6-4-9-17)8-10-20-15/h8,10,12,14H,3,5,7,9,11,17H2,1-2H3. The molecule has 1 saturated carbocycles. The van der Waals surface area contributed by atoms with E-state index in [0.717, 1.165) is 23.3 Å². The molecule has 0 saturated heterocycles. The topological polar surface area (TPSA) is 46.3 Å². The Bertz CT molecular complexity index is 526. The summed E-state index contributed by atoms with van der Waals surface area (Å²) in [7, 11) is 1.92. The lowest BCUT2D eigenvalue weighted by atomic mass is 9.86. The van der Waals surface area contributed by atoms with Gasteiger partial charge in [0.25, 0.3) is 5.91 Å². The van der Waals surface area contributed by atoms with Crippen molar-refractivity contribution >= 4 is 17.2 Å². The number of carbonyl (C=O) groups is 1. The molecular weight excluding hydrogens is 268 g/mol. The fourth-order valence-electron chi connectivity index (χ4n) is 2.80. The summed E-state index contributed by atoms with van der Waals surface area (Å²) in [6.45, 7) is 2.59. The van der Waals surface area contributed by atoms with Crippen LogP contribution in [-0.2, 0) is 0 Å².